The number of anilines is 2. The number of nitrogens with two attached hydrogens (primary N) is 1. The summed E-state index contributed by atoms with van der Waals surface area (Å²) in [4.78, 5) is 9.29. The van der Waals surface area contributed by atoms with Gasteiger partial charge in [0, 0.05) is 25.3 Å². The third kappa shape index (κ3) is 2.75. The molecule has 2 rings (SSSR count). The van der Waals surface area contributed by atoms with E-state index < -0.39 is 0 Å². The number of rotatable bonds is 4. The Bertz CT molecular complexity index is 405. The summed E-state index contributed by atoms with van der Waals surface area (Å²) in [5.41, 5.74) is 7.80. The first-order valence-corrected chi connectivity index (χ1v) is 6.80. The van der Waals surface area contributed by atoms with Gasteiger partial charge < -0.3 is 10.6 Å². The zero-order chi connectivity index (χ0) is 13.1. The monoisotopic (exact) mass is 248 g/mol. The Morgan fingerprint density at radius 3 is 3.00 bits per heavy atom. The van der Waals surface area contributed by atoms with Crippen LogP contribution >= 0.6 is 0 Å². The van der Waals surface area contributed by atoms with E-state index in [1.54, 1.807) is 0 Å². The van der Waals surface area contributed by atoms with Crippen molar-refractivity contribution >= 4 is 11.5 Å². The van der Waals surface area contributed by atoms with E-state index in [-0.39, 0.29) is 0 Å². The molecular formula is C14H24N4. The first kappa shape index (κ1) is 13.1. The van der Waals surface area contributed by atoms with E-state index in [1.165, 1.54) is 19.4 Å². The Hall–Kier alpha value is -1.29. The molecular weight excluding hydrogens is 224 g/mol. The first-order chi connectivity index (χ1) is 8.61. The van der Waals surface area contributed by atoms with Crippen LogP contribution < -0.4 is 10.6 Å². The van der Waals surface area contributed by atoms with Gasteiger partial charge >= 0.3 is 0 Å². The molecule has 1 aliphatic rings. The molecule has 2 heterocycles. The lowest BCUT2D eigenvalue weighted by molar-refractivity contribution is 0.270. The summed E-state index contributed by atoms with van der Waals surface area (Å²) in [7, 11) is 2.09. The van der Waals surface area contributed by atoms with Crippen LogP contribution in [0.5, 0.6) is 0 Å². The van der Waals surface area contributed by atoms with Crippen LogP contribution in [0.2, 0.25) is 0 Å². The van der Waals surface area contributed by atoms with Crippen molar-refractivity contribution in [3.05, 3.63) is 17.8 Å². The predicted octanol–water partition coefficient (Wildman–Crippen LogP) is 1.89. The fourth-order valence-electron chi connectivity index (χ4n) is 2.78. The summed E-state index contributed by atoms with van der Waals surface area (Å²) in [6.07, 6.45) is 2.59. The molecule has 0 spiro atoms. The molecule has 0 saturated carbocycles. The minimum atomic E-state index is 0.640. The lowest BCUT2D eigenvalue weighted by atomic mass is 10.2. The molecule has 1 unspecified atom stereocenters. The normalized spacial score (nSPS) is 20.3. The number of aromatic nitrogens is 1. The van der Waals surface area contributed by atoms with Gasteiger partial charge in [-0.25, -0.2) is 4.98 Å². The summed E-state index contributed by atoms with van der Waals surface area (Å²) in [5, 5.41) is 0. The second kappa shape index (κ2) is 5.57. The van der Waals surface area contributed by atoms with Crippen molar-refractivity contribution in [2.75, 3.05) is 37.3 Å². The Kier molecular flexibility index (Phi) is 4.07. The molecule has 100 valence electrons. The Labute approximate surface area is 110 Å². The molecule has 0 amide bonds. The number of hydrogen-bond donors (Lipinski definition) is 1. The highest BCUT2D eigenvalue weighted by atomic mass is 15.2. The topological polar surface area (TPSA) is 45.4 Å². The van der Waals surface area contributed by atoms with Gasteiger partial charge in [-0.05, 0) is 45.0 Å². The van der Waals surface area contributed by atoms with Crippen molar-refractivity contribution in [2.24, 2.45) is 0 Å². The van der Waals surface area contributed by atoms with Crippen molar-refractivity contribution in [1.82, 2.24) is 9.88 Å². The minimum absolute atomic E-state index is 0.640. The van der Waals surface area contributed by atoms with Crippen LogP contribution in [0.1, 0.15) is 25.5 Å². The van der Waals surface area contributed by atoms with Gasteiger partial charge in [0.05, 0.1) is 5.69 Å². The van der Waals surface area contributed by atoms with E-state index in [9.17, 15) is 0 Å². The molecule has 1 aromatic heterocycles. The third-order valence-electron chi connectivity index (χ3n) is 3.80. The maximum absolute atomic E-state index is 6.01. The molecule has 1 atom stereocenters. The predicted molar refractivity (Wildman–Crippen MR) is 76.9 cm³/mol. The molecule has 2 N–H and O–H groups in total. The van der Waals surface area contributed by atoms with Crippen LogP contribution in [0.25, 0.3) is 0 Å². The van der Waals surface area contributed by atoms with Crippen molar-refractivity contribution in [3.8, 4) is 0 Å². The molecule has 0 aliphatic carbocycles. The average Bonchev–Trinajstić information content (AvgIpc) is 2.79. The highest BCUT2D eigenvalue weighted by molar-refractivity contribution is 5.62. The number of aryl methyl sites for hydroxylation is 1. The minimum Gasteiger partial charge on any atom is -0.396 e. The van der Waals surface area contributed by atoms with E-state index in [4.69, 9.17) is 5.73 Å². The molecule has 1 saturated heterocycles. The van der Waals surface area contributed by atoms with Crippen LogP contribution in [0.4, 0.5) is 11.5 Å². The standard InChI is InChI=1S/C14H24N4/c1-4-18-9-5-6-12(18)10-17(3)14-13(15)8-7-11(2)16-14/h7-8,12H,4-6,9-10,15H2,1-3H3. The van der Waals surface area contributed by atoms with Gasteiger partial charge in [0.2, 0.25) is 0 Å². The maximum atomic E-state index is 6.01. The van der Waals surface area contributed by atoms with Gasteiger partial charge in [-0.1, -0.05) is 6.92 Å². The number of likely N-dealkylation sites (N-methyl/N-ethyl adjacent to an activating group) is 2. The quantitative estimate of drug-likeness (QED) is 0.884. The smallest absolute Gasteiger partial charge is 0.151 e. The summed E-state index contributed by atoms with van der Waals surface area (Å²) < 4.78 is 0. The summed E-state index contributed by atoms with van der Waals surface area (Å²) in [6.45, 7) is 7.61. The van der Waals surface area contributed by atoms with E-state index in [0.717, 1.165) is 30.3 Å². The van der Waals surface area contributed by atoms with Gasteiger partial charge in [-0.3, -0.25) is 4.90 Å². The van der Waals surface area contributed by atoms with Crippen LogP contribution in [0.15, 0.2) is 12.1 Å². The van der Waals surface area contributed by atoms with Crippen LogP contribution in [0.3, 0.4) is 0 Å². The first-order valence-electron chi connectivity index (χ1n) is 6.80. The molecule has 1 aliphatic heterocycles. The maximum Gasteiger partial charge on any atom is 0.151 e. The largest absolute Gasteiger partial charge is 0.396 e. The molecule has 0 aromatic carbocycles. The molecule has 0 radical (unpaired) electrons. The van der Waals surface area contributed by atoms with Crippen LogP contribution in [-0.2, 0) is 0 Å². The van der Waals surface area contributed by atoms with E-state index in [1.807, 2.05) is 19.1 Å². The van der Waals surface area contributed by atoms with Crippen LogP contribution in [0, 0.1) is 6.92 Å². The fraction of sp³-hybridized carbons (Fsp3) is 0.643. The Balaban J connectivity index is 2.07. The number of likely N-dealkylation sites (tertiary alicyclic amines) is 1. The highest BCUT2D eigenvalue weighted by Gasteiger charge is 2.24. The Morgan fingerprint density at radius 2 is 2.28 bits per heavy atom. The lowest BCUT2D eigenvalue weighted by Crippen LogP contribution is -2.39. The number of nitrogens with zero attached hydrogens (tertiary/aromatic N) is 3. The summed E-state index contributed by atoms with van der Waals surface area (Å²) >= 11 is 0. The van der Waals surface area contributed by atoms with Gasteiger partial charge in [0.15, 0.2) is 5.82 Å². The molecule has 4 heteroatoms. The third-order valence-corrected chi connectivity index (χ3v) is 3.80. The van der Waals surface area contributed by atoms with Crippen molar-refractivity contribution in [2.45, 2.75) is 32.7 Å². The Morgan fingerprint density at radius 1 is 1.50 bits per heavy atom. The zero-order valence-electron chi connectivity index (χ0n) is 11.7. The number of nitrogen functional groups attached to an aromatic ring is 1. The van der Waals surface area contributed by atoms with Gasteiger partial charge in [0.25, 0.3) is 0 Å². The van der Waals surface area contributed by atoms with E-state index in [2.05, 4.69) is 28.8 Å². The molecule has 1 fully saturated rings. The van der Waals surface area contributed by atoms with E-state index >= 15 is 0 Å². The lowest BCUT2D eigenvalue weighted by Gasteiger charge is -2.29. The molecule has 4 nitrogen and oxygen atoms in total. The highest BCUT2D eigenvalue weighted by Crippen LogP contribution is 2.23. The molecule has 0 bridgehead atoms. The zero-order valence-corrected chi connectivity index (χ0v) is 11.7. The van der Waals surface area contributed by atoms with E-state index in [0.29, 0.717) is 6.04 Å². The molecule has 18 heavy (non-hydrogen) atoms. The van der Waals surface area contributed by atoms with Gasteiger partial charge in [-0.15, -0.1) is 0 Å². The van der Waals surface area contributed by atoms with Crippen LogP contribution in [-0.4, -0.2) is 42.6 Å². The molecule has 1 aromatic rings. The van der Waals surface area contributed by atoms with Gasteiger partial charge in [0.1, 0.15) is 0 Å². The van der Waals surface area contributed by atoms with Crippen molar-refractivity contribution in [1.29, 1.82) is 0 Å². The second-order valence-corrected chi connectivity index (χ2v) is 5.17. The van der Waals surface area contributed by atoms with Crippen molar-refractivity contribution in [3.63, 3.8) is 0 Å². The fourth-order valence-corrected chi connectivity index (χ4v) is 2.78. The summed E-state index contributed by atoms with van der Waals surface area (Å²) in [5.74, 6) is 0.915. The summed E-state index contributed by atoms with van der Waals surface area (Å²) in [6, 6.07) is 4.54. The average molecular weight is 248 g/mol. The number of hydrogen-bond acceptors (Lipinski definition) is 4. The van der Waals surface area contributed by atoms with Crippen molar-refractivity contribution < 1.29 is 0 Å². The second-order valence-electron chi connectivity index (χ2n) is 5.17. The van der Waals surface area contributed by atoms with Gasteiger partial charge in [-0.2, -0.15) is 0 Å². The SMILES string of the molecule is CCN1CCCC1CN(C)c1nc(C)ccc1N. The number of pyridine rings is 1.